The van der Waals surface area contributed by atoms with Gasteiger partial charge in [0.25, 0.3) is 15.9 Å². The molecule has 0 aliphatic heterocycles. The van der Waals surface area contributed by atoms with Crippen LogP contribution in [0.4, 0.5) is 15.8 Å². The maximum Gasteiger partial charge on any atom is 0.264 e. The molecule has 0 aliphatic rings. The number of anilines is 2. The molecule has 39 heavy (non-hydrogen) atoms. The number of hydrogen-bond acceptors (Lipinski definition) is 4. The summed E-state index contributed by atoms with van der Waals surface area (Å²) in [6, 6.07) is 26.7. The number of aryl methyl sites for hydroxylation is 1. The molecule has 1 atom stereocenters. The van der Waals surface area contributed by atoms with Crippen molar-refractivity contribution in [3.63, 3.8) is 0 Å². The Labute approximate surface area is 227 Å². The first-order valence-corrected chi connectivity index (χ1v) is 13.7. The highest BCUT2D eigenvalue weighted by atomic mass is 32.2. The highest BCUT2D eigenvalue weighted by molar-refractivity contribution is 7.92. The van der Waals surface area contributed by atoms with E-state index in [2.05, 4.69) is 10.6 Å². The number of para-hydroxylation sites is 1. The minimum absolute atomic E-state index is 0.160. The van der Waals surface area contributed by atoms with Crippen molar-refractivity contribution in [1.29, 1.82) is 0 Å². The molecule has 0 spiro atoms. The number of amides is 2. The zero-order valence-electron chi connectivity index (χ0n) is 21.5. The van der Waals surface area contributed by atoms with Crippen LogP contribution in [0.1, 0.15) is 34.5 Å². The molecule has 0 saturated carbocycles. The molecule has 0 unspecified atom stereocenters. The zero-order valence-corrected chi connectivity index (χ0v) is 22.3. The fraction of sp³-hybridized carbons (Fsp3) is 0.133. The van der Waals surface area contributed by atoms with Gasteiger partial charge in [0.2, 0.25) is 5.91 Å². The van der Waals surface area contributed by atoms with Crippen LogP contribution < -0.4 is 14.9 Å². The summed E-state index contributed by atoms with van der Waals surface area (Å²) in [5.74, 6) is -1.63. The topological polar surface area (TPSA) is 95.6 Å². The van der Waals surface area contributed by atoms with E-state index in [1.165, 1.54) is 0 Å². The van der Waals surface area contributed by atoms with Crippen LogP contribution in [-0.4, -0.2) is 26.8 Å². The fourth-order valence-electron chi connectivity index (χ4n) is 3.97. The van der Waals surface area contributed by atoms with Gasteiger partial charge < -0.3 is 10.6 Å². The lowest BCUT2D eigenvalue weighted by molar-refractivity contribution is -0.114. The number of halogens is 1. The molecule has 200 valence electrons. The molecule has 0 aromatic heterocycles. The summed E-state index contributed by atoms with van der Waals surface area (Å²) in [5.41, 5.74) is 2.57. The third kappa shape index (κ3) is 6.69. The van der Waals surface area contributed by atoms with Crippen LogP contribution in [0.25, 0.3) is 0 Å². The van der Waals surface area contributed by atoms with E-state index in [1.54, 1.807) is 48.5 Å². The predicted molar refractivity (Wildman–Crippen MR) is 150 cm³/mol. The summed E-state index contributed by atoms with van der Waals surface area (Å²) in [6.07, 6.45) is 0. The Balaban J connectivity index is 1.57. The number of nitrogens with zero attached hydrogens (tertiary/aromatic N) is 1. The highest BCUT2D eigenvalue weighted by Gasteiger charge is 2.28. The number of sulfonamides is 1. The molecule has 2 amide bonds. The Kier molecular flexibility index (Phi) is 8.41. The van der Waals surface area contributed by atoms with Gasteiger partial charge in [0.1, 0.15) is 12.4 Å². The average molecular weight is 546 g/mol. The number of rotatable bonds is 9. The molecule has 2 N–H and O–H groups in total. The SMILES string of the molecule is Cc1ccc(N(CC(=O)Nc2ccccc2C(=O)N[C@H](C)c2ccccc2)S(=O)(=O)c2ccc(F)cc2)cc1. The largest absolute Gasteiger partial charge is 0.345 e. The van der Waals surface area contributed by atoms with E-state index in [-0.39, 0.29) is 27.9 Å². The Bertz CT molecular complexity index is 1560. The molecule has 0 saturated heterocycles. The van der Waals surface area contributed by atoms with Crippen molar-refractivity contribution < 1.29 is 22.4 Å². The third-order valence-electron chi connectivity index (χ3n) is 6.10. The summed E-state index contributed by atoms with van der Waals surface area (Å²) < 4.78 is 41.4. The van der Waals surface area contributed by atoms with Gasteiger partial charge in [-0.15, -0.1) is 0 Å². The van der Waals surface area contributed by atoms with Gasteiger partial charge in [-0.1, -0.05) is 60.2 Å². The number of carbonyl (C=O) groups is 2. The van der Waals surface area contributed by atoms with Gasteiger partial charge in [-0.05, 0) is 67.9 Å². The lowest BCUT2D eigenvalue weighted by Gasteiger charge is -2.24. The van der Waals surface area contributed by atoms with E-state index in [0.717, 1.165) is 39.7 Å². The Morgan fingerprint density at radius 3 is 2.13 bits per heavy atom. The van der Waals surface area contributed by atoms with E-state index in [1.807, 2.05) is 44.2 Å². The molecule has 0 aliphatic carbocycles. The number of benzene rings is 4. The minimum Gasteiger partial charge on any atom is -0.345 e. The fourth-order valence-corrected chi connectivity index (χ4v) is 5.39. The normalized spacial score (nSPS) is 11.9. The Morgan fingerprint density at radius 2 is 1.46 bits per heavy atom. The van der Waals surface area contributed by atoms with Gasteiger partial charge in [0, 0.05) is 0 Å². The lowest BCUT2D eigenvalue weighted by atomic mass is 10.1. The molecule has 0 bridgehead atoms. The molecule has 9 heteroatoms. The van der Waals surface area contributed by atoms with Crippen molar-refractivity contribution in [2.24, 2.45) is 0 Å². The molecule has 4 rings (SSSR count). The molecular weight excluding hydrogens is 517 g/mol. The van der Waals surface area contributed by atoms with E-state index in [4.69, 9.17) is 0 Å². The van der Waals surface area contributed by atoms with Gasteiger partial charge in [0.15, 0.2) is 0 Å². The van der Waals surface area contributed by atoms with Crippen LogP contribution in [0.2, 0.25) is 0 Å². The first kappa shape index (κ1) is 27.5. The maximum atomic E-state index is 13.5. The molecule has 0 heterocycles. The Morgan fingerprint density at radius 1 is 0.846 bits per heavy atom. The molecule has 7 nitrogen and oxygen atoms in total. The summed E-state index contributed by atoms with van der Waals surface area (Å²) in [7, 11) is -4.22. The van der Waals surface area contributed by atoms with Gasteiger partial charge in [-0.25, -0.2) is 12.8 Å². The van der Waals surface area contributed by atoms with Crippen molar-refractivity contribution in [1.82, 2.24) is 5.32 Å². The quantitative estimate of drug-likeness (QED) is 0.292. The average Bonchev–Trinajstić information content (AvgIpc) is 2.93. The number of carbonyl (C=O) groups excluding carboxylic acids is 2. The van der Waals surface area contributed by atoms with Crippen molar-refractivity contribution in [2.75, 3.05) is 16.2 Å². The Hall–Kier alpha value is -4.50. The zero-order chi connectivity index (χ0) is 28.0. The number of nitrogens with one attached hydrogen (secondary N) is 2. The van der Waals surface area contributed by atoms with Gasteiger partial charge in [0.05, 0.1) is 27.9 Å². The van der Waals surface area contributed by atoms with Crippen LogP contribution in [0.15, 0.2) is 108 Å². The lowest BCUT2D eigenvalue weighted by Crippen LogP contribution is -2.38. The highest BCUT2D eigenvalue weighted by Crippen LogP contribution is 2.25. The molecule has 4 aromatic carbocycles. The monoisotopic (exact) mass is 545 g/mol. The van der Waals surface area contributed by atoms with Gasteiger partial charge >= 0.3 is 0 Å². The smallest absolute Gasteiger partial charge is 0.264 e. The van der Waals surface area contributed by atoms with E-state index >= 15 is 0 Å². The van der Waals surface area contributed by atoms with E-state index in [9.17, 15) is 22.4 Å². The van der Waals surface area contributed by atoms with Gasteiger partial charge in [-0.2, -0.15) is 0 Å². The summed E-state index contributed by atoms with van der Waals surface area (Å²) in [6.45, 7) is 3.14. The second-order valence-corrected chi connectivity index (χ2v) is 10.9. The van der Waals surface area contributed by atoms with E-state index in [0.29, 0.717) is 0 Å². The van der Waals surface area contributed by atoms with Crippen molar-refractivity contribution in [3.05, 3.63) is 126 Å². The second kappa shape index (κ2) is 11.9. The minimum atomic E-state index is -4.22. The predicted octanol–water partition coefficient (Wildman–Crippen LogP) is 5.46. The standard InChI is InChI=1S/C30H28FN3O4S/c1-21-12-16-25(17-13-21)34(39(37,38)26-18-14-24(31)15-19-26)20-29(35)33-28-11-7-6-10-27(28)30(36)32-22(2)23-8-4-3-5-9-23/h3-19,22H,20H2,1-2H3,(H,32,36)(H,33,35)/t22-/m1/s1. The summed E-state index contributed by atoms with van der Waals surface area (Å²) in [4.78, 5) is 26.1. The molecule has 4 aromatic rings. The van der Waals surface area contributed by atoms with Crippen LogP contribution in [0.5, 0.6) is 0 Å². The van der Waals surface area contributed by atoms with Crippen molar-refractivity contribution in [3.8, 4) is 0 Å². The molecule has 0 fully saturated rings. The van der Waals surface area contributed by atoms with Gasteiger partial charge in [-0.3, -0.25) is 13.9 Å². The van der Waals surface area contributed by atoms with Crippen LogP contribution in [0.3, 0.4) is 0 Å². The molecule has 0 radical (unpaired) electrons. The van der Waals surface area contributed by atoms with Crippen LogP contribution in [0, 0.1) is 12.7 Å². The maximum absolute atomic E-state index is 13.5. The second-order valence-electron chi connectivity index (χ2n) is 9.00. The number of hydrogen-bond donors (Lipinski definition) is 2. The first-order chi connectivity index (χ1) is 18.6. The third-order valence-corrected chi connectivity index (χ3v) is 7.89. The van der Waals surface area contributed by atoms with Crippen molar-refractivity contribution in [2.45, 2.75) is 24.8 Å². The van der Waals surface area contributed by atoms with Crippen LogP contribution in [-0.2, 0) is 14.8 Å². The molecular formula is C30H28FN3O4S. The summed E-state index contributed by atoms with van der Waals surface area (Å²) in [5, 5.41) is 5.60. The first-order valence-electron chi connectivity index (χ1n) is 12.2. The summed E-state index contributed by atoms with van der Waals surface area (Å²) >= 11 is 0. The van der Waals surface area contributed by atoms with E-state index < -0.39 is 34.2 Å². The van der Waals surface area contributed by atoms with Crippen LogP contribution >= 0.6 is 0 Å². The van der Waals surface area contributed by atoms with Crippen molar-refractivity contribution >= 4 is 33.2 Å².